The lowest BCUT2D eigenvalue weighted by Crippen LogP contribution is -2.44. The maximum atomic E-state index is 12.7. The second kappa shape index (κ2) is 7.22. The number of ketones is 1. The molecule has 3 unspecified atom stereocenters. The second-order valence-electron chi connectivity index (χ2n) is 6.68. The fourth-order valence-corrected chi connectivity index (χ4v) is 3.42. The monoisotopic (exact) mass is 287 g/mol. The number of carbonyl (C=O) groups excluding carboxylic acids is 1. The van der Waals surface area contributed by atoms with Gasteiger partial charge >= 0.3 is 0 Å². The number of hydrogen-bond acceptors (Lipinski definition) is 2. The summed E-state index contributed by atoms with van der Waals surface area (Å²) in [6.07, 6.45) is 6.10. The molecule has 21 heavy (non-hydrogen) atoms. The summed E-state index contributed by atoms with van der Waals surface area (Å²) in [6.45, 7) is 6.52. The van der Waals surface area contributed by atoms with Crippen LogP contribution in [0.15, 0.2) is 24.3 Å². The Kier molecular flexibility index (Phi) is 5.58. The van der Waals surface area contributed by atoms with Gasteiger partial charge in [0.05, 0.1) is 6.04 Å². The number of likely N-dealkylation sites (N-methyl/N-ethyl adjacent to an activating group) is 1. The van der Waals surface area contributed by atoms with Gasteiger partial charge in [-0.2, -0.15) is 0 Å². The van der Waals surface area contributed by atoms with Gasteiger partial charge in [-0.3, -0.25) is 9.69 Å². The van der Waals surface area contributed by atoms with E-state index in [1.165, 1.54) is 31.2 Å². The van der Waals surface area contributed by atoms with Gasteiger partial charge in [-0.1, -0.05) is 51.0 Å². The average molecular weight is 287 g/mol. The van der Waals surface area contributed by atoms with Crippen LogP contribution in [0.1, 0.15) is 62.4 Å². The van der Waals surface area contributed by atoms with E-state index in [1.807, 2.05) is 12.1 Å². The van der Waals surface area contributed by atoms with Crippen LogP contribution in [0.2, 0.25) is 0 Å². The average Bonchev–Trinajstić information content (AvgIpc) is 2.53. The van der Waals surface area contributed by atoms with Crippen molar-refractivity contribution in [3.05, 3.63) is 35.4 Å². The lowest BCUT2D eigenvalue weighted by molar-refractivity contribution is 0.0748. The molecule has 0 heterocycles. The Balaban J connectivity index is 2.03. The van der Waals surface area contributed by atoms with Gasteiger partial charge in [0.25, 0.3) is 0 Å². The molecule has 2 heteroatoms. The molecule has 0 N–H and O–H groups in total. The van der Waals surface area contributed by atoms with Gasteiger partial charge in [0.15, 0.2) is 5.78 Å². The number of aryl methyl sites for hydroxylation is 1. The molecule has 1 aliphatic carbocycles. The zero-order valence-electron chi connectivity index (χ0n) is 13.9. The van der Waals surface area contributed by atoms with Crippen LogP contribution < -0.4 is 0 Å². The summed E-state index contributed by atoms with van der Waals surface area (Å²) in [7, 11) is 2.12. The Labute approximate surface area is 129 Å². The molecular weight excluding hydrogens is 258 g/mol. The number of hydrogen-bond donors (Lipinski definition) is 0. The van der Waals surface area contributed by atoms with Crippen LogP contribution in [-0.4, -0.2) is 29.8 Å². The van der Waals surface area contributed by atoms with Gasteiger partial charge in [0.2, 0.25) is 0 Å². The number of rotatable bonds is 5. The topological polar surface area (TPSA) is 20.3 Å². The van der Waals surface area contributed by atoms with E-state index in [4.69, 9.17) is 0 Å². The third kappa shape index (κ3) is 3.94. The quantitative estimate of drug-likeness (QED) is 0.751. The molecule has 1 aromatic rings. The molecule has 1 saturated carbocycles. The number of nitrogens with zero attached hydrogens (tertiary/aromatic N) is 1. The van der Waals surface area contributed by atoms with Crippen molar-refractivity contribution < 1.29 is 4.79 Å². The largest absolute Gasteiger partial charge is 0.294 e. The highest BCUT2D eigenvalue weighted by atomic mass is 16.1. The lowest BCUT2D eigenvalue weighted by atomic mass is 9.85. The molecule has 116 valence electrons. The molecule has 1 aliphatic rings. The smallest absolute Gasteiger partial charge is 0.179 e. The molecule has 1 fully saturated rings. The van der Waals surface area contributed by atoms with Gasteiger partial charge in [0, 0.05) is 11.6 Å². The van der Waals surface area contributed by atoms with Gasteiger partial charge in [0.1, 0.15) is 0 Å². The molecule has 0 spiro atoms. The second-order valence-corrected chi connectivity index (χ2v) is 6.68. The Hall–Kier alpha value is -1.15. The highest BCUT2D eigenvalue weighted by Gasteiger charge is 2.28. The van der Waals surface area contributed by atoms with E-state index < -0.39 is 0 Å². The zero-order valence-corrected chi connectivity index (χ0v) is 13.9. The van der Waals surface area contributed by atoms with Gasteiger partial charge in [-0.15, -0.1) is 0 Å². The zero-order chi connectivity index (χ0) is 15.4. The van der Waals surface area contributed by atoms with E-state index in [0.717, 1.165) is 17.9 Å². The maximum Gasteiger partial charge on any atom is 0.179 e. The van der Waals surface area contributed by atoms with Crippen molar-refractivity contribution in [2.45, 2.75) is 65.0 Å². The SMILES string of the molecule is CCc1ccc(C(=O)C(C)N(C)C2CCCC(C)C2)cc1. The first-order valence-corrected chi connectivity index (χ1v) is 8.38. The molecule has 0 radical (unpaired) electrons. The molecule has 0 amide bonds. The Morgan fingerprint density at radius 2 is 1.95 bits per heavy atom. The standard InChI is InChI=1S/C19H29NO/c1-5-16-9-11-17(12-10-16)19(21)15(3)20(4)18-8-6-7-14(2)13-18/h9-12,14-15,18H,5-8,13H2,1-4H3. The minimum Gasteiger partial charge on any atom is -0.294 e. The third-order valence-electron chi connectivity index (χ3n) is 5.12. The van der Waals surface area contributed by atoms with Crippen molar-refractivity contribution in [1.82, 2.24) is 4.90 Å². The molecule has 2 rings (SSSR count). The molecule has 0 bridgehead atoms. The normalized spacial score (nSPS) is 24.0. The number of benzene rings is 1. The molecule has 0 aliphatic heterocycles. The highest BCUT2D eigenvalue weighted by Crippen LogP contribution is 2.28. The van der Waals surface area contributed by atoms with Crippen LogP contribution in [0.25, 0.3) is 0 Å². The molecule has 2 nitrogen and oxygen atoms in total. The summed E-state index contributed by atoms with van der Waals surface area (Å²) < 4.78 is 0. The molecule has 1 aromatic carbocycles. The Morgan fingerprint density at radius 1 is 1.29 bits per heavy atom. The first-order valence-electron chi connectivity index (χ1n) is 8.38. The van der Waals surface area contributed by atoms with Crippen LogP contribution in [0.4, 0.5) is 0 Å². The van der Waals surface area contributed by atoms with Crippen LogP contribution >= 0.6 is 0 Å². The summed E-state index contributed by atoms with van der Waals surface area (Å²) in [5, 5.41) is 0. The van der Waals surface area contributed by atoms with Gasteiger partial charge in [-0.05, 0) is 44.7 Å². The van der Waals surface area contributed by atoms with Crippen LogP contribution in [-0.2, 0) is 6.42 Å². The van der Waals surface area contributed by atoms with Crippen molar-refractivity contribution in [3.63, 3.8) is 0 Å². The van der Waals surface area contributed by atoms with Crippen molar-refractivity contribution in [3.8, 4) is 0 Å². The molecule has 0 saturated heterocycles. The summed E-state index contributed by atoms with van der Waals surface area (Å²) in [6, 6.07) is 8.63. The van der Waals surface area contributed by atoms with Gasteiger partial charge in [-0.25, -0.2) is 0 Å². The minimum atomic E-state index is -0.0345. The first-order chi connectivity index (χ1) is 10.0. The van der Waals surface area contributed by atoms with Crippen molar-refractivity contribution in [1.29, 1.82) is 0 Å². The highest BCUT2D eigenvalue weighted by molar-refractivity contribution is 5.99. The summed E-state index contributed by atoms with van der Waals surface area (Å²) in [4.78, 5) is 15.0. The summed E-state index contributed by atoms with van der Waals surface area (Å²) >= 11 is 0. The van der Waals surface area contributed by atoms with Crippen molar-refractivity contribution in [2.75, 3.05) is 7.05 Å². The van der Waals surface area contributed by atoms with Gasteiger partial charge < -0.3 is 0 Å². The third-order valence-corrected chi connectivity index (χ3v) is 5.12. The van der Waals surface area contributed by atoms with E-state index in [9.17, 15) is 4.79 Å². The fourth-order valence-electron chi connectivity index (χ4n) is 3.42. The lowest BCUT2D eigenvalue weighted by Gasteiger charge is -2.37. The van der Waals surface area contributed by atoms with E-state index >= 15 is 0 Å². The predicted octanol–water partition coefficient (Wildman–Crippen LogP) is 4.33. The van der Waals surface area contributed by atoms with E-state index in [1.54, 1.807) is 0 Å². The number of carbonyl (C=O) groups is 1. The fraction of sp³-hybridized carbons (Fsp3) is 0.632. The Morgan fingerprint density at radius 3 is 2.52 bits per heavy atom. The van der Waals surface area contributed by atoms with Crippen molar-refractivity contribution in [2.24, 2.45) is 5.92 Å². The summed E-state index contributed by atoms with van der Waals surface area (Å²) in [5.41, 5.74) is 2.13. The Bertz CT molecular complexity index is 465. The molecule has 3 atom stereocenters. The predicted molar refractivity (Wildman–Crippen MR) is 88.8 cm³/mol. The molecular formula is C19H29NO. The van der Waals surface area contributed by atoms with E-state index in [2.05, 4.69) is 44.9 Å². The van der Waals surface area contributed by atoms with E-state index in [-0.39, 0.29) is 11.8 Å². The number of Topliss-reactive ketones (excluding diaryl/α,β-unsaturated/α-hetero) is 1. The first kappa shape index (κ1) is 16.2. The van der Waals surface area contributed by atoms with Crippen LogP contribution in [0.3, 0.4) is 0 Å². The van der Waals surface area contributed by atoms with Crippen molar-refractivity contribution >= 4 is 5.78 Å². The van der Waals surface area contributed by atoms with Crippen LogP contribution in [0.5, 0.6) is 0 Å². The summed E-state index contributed by atoms with van der Waals surface area (Å²) in [5.74, 6) is 1.04. The molecule has 0 aromatic heterocycles. The van der Waals surface area contributed by atoms with Crippen LogP contribution in [0, 0.1) is 5.92 Å². The minimum absolute atomic E-state index is 0.0345. The van der Waals surface area contributed by atoms with E-state index in [0.29, 0.717) is 6.04 Å². The maximum absolute atomic E-state index is 12.7.